The van der Waals surface area contributed by atoms with Crippen LogP contribution in [0.5, 0.6) is 5.75 Å². The van der Waals surface area contributed by atoms with Crippen molar-refractivity contribution in [3.63, 3.8) is 0 Å². The van der Waals surface area contributed by atoms with Crippen molar-refractivity contribution >= 4 is 24.0 Å². The van der Waals surface area contributed by atoms with Crippen LogP contribution in [0.15, 0.2) is 12.4 Å². The molecule has 4 rings (SSSR count). The lowest BCUT2D eigenvalue weighted by Crippen LogP contribution is -2.54. The number of rotatable bonds is 9. The molecule has 42 heavy (non-hydrogen) atoms. The van der Waals surface area contributed by atoms with Crippen LogP contribution in [0.3, 0.4) is 0 Å². The van der Waals surface area contributed by atoms with E-state index in [2.05, 4.69) is 15.3 Å². The normalized spacial score (nSPS) is 22.0. The van der Waals surface area contributed by atoms with Gasteiger partial charge in [0.25, 0.3) is 0 Å². The minimum absolute atomic E-state index is 0.0963. The number of amides is 3. The fourth-order valence-electron chi connectivity index (χ4n) is 5.83. The Labute approximate surface area is 249 Å². The number of likely N-dealkylation sites (tertiary alicyclic amines) is 2. The highest BCUT2D eigenvalue weighted by molar-refractivity contribution is 5.78. The second-order valence-electron chi connectivity index (χ2n) is 12.8. The molecule has 3 aliphatic heterocycles. The van der Waals surface area contributed by atoms with Crippen molar-refractivity contribution in [3.05, 3.63) is 12.4 Å². The maximum absolute atomic E-state index is 12.7. The summed E-state index contributed by atoms with van der Waals surface area (Å²) in [6.07, 6.45) is 8.86. The molecule has 1 unspecified atom stereocenters. The summed E-state index contributed by atoms with van der Waals surface area (Å²) >= 11 is 0. The Kier molecular flexibility index (Phi) is 10.7. The van der Waals surface area contributed by atoms with Gasteiger partial charge in [-0.25, -0.2) is 19.6 Å². The van der Waals surface area contributed by atoms with Crippen LogP contribution in [-0.2, 0) is 14.3 Å². The monoisotopic (exact) mass is 588 g/mol. The van der Waals surface area contributed by atoms with Gasteiger partial charge in [0, 0.05) is 39.1 Å². The Balaban J connectivity index is 1.25. The van der Waals surface area contributed by atoms with Gasteiger partial charge in [-0.2, -0.15) is 0 Å². The fraction of sp³-hybridized carbons (Fsp3) is 0.767. The van der Waals surface area contributed by atoms with Crippen molar-refractivity contribution in [3.8, 4) is 5.75 Å². The summed E-state index contributed by atoms with van der Waals surface area (Å²) in [5, 5.41) is 2.99. The molecule has 3 saturated heterocycles. The molecule has 3 fully saturated rings. The third kappa shape index (κ3) is 9.09. The van der Waals surface area contributed by atoms with Crippen molar-refractivity contribution < 1.29 is 28.6 Å². The summed E-state index contributed by atoms with van der Waals surface area (Å²) in [5.41, 5.74) is -0.613. The van der Waals surface area contributed by atoms with Gasteiger partial charge in [-0.15, -0.1) is 0 Å². The van der Waals surface area contributed by atoms with Gasteiger partial charge < -0.3 is 34.2 Å². The highest BCUT2D eigenvalue weighted by atomic mass is 16.6. The first-order valence-corrected chi connectivity index (χ1v) is 15.4. The predicted molar refractivity (Wildman–Crippen MR) is 157 cm³/mol. The average Bonchev–Trinajstić information content (AvgIpc) is 3.33. The topological polar surface area (TPSA) is 126 Å². The lowest BCUT2D eigenvalue weighted by Gasteiger charge is -2.35. The first kappa shape index (κ1) is 31.6. The van der Waals surface area contributed by atoms with Gasteiger partial charge in [0.05, 0.1) is 37.2 Å². The van der Waals surface area contributed by atoms with E-state index in [9.17, 15) is 14.4 Å². The summed E-state index contributed by atoms with van der Waals surface area (Å²) in [6.45, 7) is 13.0. The lowest BCUT2D eigenvalue weighted by molar-refractivity contribution is -0.135. The number of carbonyl (C=O) groups is 3. The Hall–Kier alpha value is -3.31. The van der Waals surface area contributed by atoms with E-state index in [4.69, 9.17) is 14.2 Å². The standard InChI is InChI=1S/C30H48N6O6/c1-21(2)41-29(39)34-14-11-22(12-15-34)9-8-16-40-23-17-31-27(32-18-23)35-19-24(33-28(38)42-30(3,4)5)25(20-35)36-13-7-6-10-26(36)37/h17-18,21-22,24-25H,6-16,19-20H2,1-5H3,(H,33,38)/t24-,25?/m0/s1. The number of alkyl carbamates (subject to hydrolysis) is 1. The van der Waals surface area contributed by atoms with Crippen LogP contribution in [0.4, 0.5) is 15.5 Å². The van der Waals surface area contributed by atoms with Crippen LogP contribution in [0.25, 0.3) is 0 Å². The number of carbonyl (C=O) groups excluding carboxylic acids is 3. The van der Waals surface area contributed by atoms with E-state index in [1.807, 2.05) is 44.4 Å². The second kappa shape index (κ2) is 14.2. The van der Waals surface area contributed by atoms with Gasteiger partial charge in [0.15, 0.2) is 5.75 Å². The third-order valence-corrected chi connectivity index (χ3v) is 7.88. The molecule has 4 heterocycles. The average molecular weight is 589 g/mol. The molecule has 3 aliphatic rings. The van der Waals surface area contributed by atoms with Crippen LogP contribution in [0.1, 0.15) is 79.6 Å². The van der Waals surface area contributed by atoms with Gasteiger partial charge in [-0.3, -0.25) is 4.79 Å². The van der Waals surface area contributed by atoms with Crippen molar-refractivity contribution in [2.75, 3.05) is 44.2 Å². The third-order valence-electron chi connectivity index (χ3n) is 7.88. The van der Waals surface area contributed by atoms with Crippen LogP contribution >= 0.6 is 0 Å². The van der Waals surface area contributed by atoms with Crippen LogP contribution < -0.4 is 15.0 Å². The molecule has 12 nitrogen and oxygen atoms in total. The number of nitrogens with zero attached hydrogens (tertiary/aromatic N) is 5. The smallest absolute Gasteiger partial charge is 0.410 e. The molecule has 12 heteroatoms. The van der Waals surface area contributed by atoms with E-state index in [1.165, 1.54) is 0 Å². The van der Waals surface area contributed by atoms with Gasteiger partial charge in [0.2, 0.25) is 11.9 Å². The molecule has 0 aromatic carbocycles. The predicted octanol–water partition coefficient (Wildman–Crippen LogP) is 3.99. The van der Waals surface area contributed by atoms with Crippen molar-refractivity contribution in [2.45, 2.75) is 103 Å². The molecule has 2 atom stereocenters. The summed E-state index contributed by atoms with van der Waals surface area (Å²) < 4.78 is 16.7. The highest BCUT2D eigenvalue weighted by Gasteiger charge is 2.41. The largest absolute Gasteiger partial charge is 0.490 e. The summed E-state index contributed by atoms with van der Waals surface area (Å²) in [4.78, 5) is 52.2. The van der Waals surface area contributed by atoms with Crippen molar-refractivity contribution in [1.29, 1.82) is 0 Å². The Morgan fingerprint density at radius 1 is 1.07 bits per heavy atom. The van der Waals surface area contributed by atoms with E-state index in [0.29, 0.717) is 50.3 Å². The molecule has 0 aliphatic carbocycles. The maximum Gasteiger partial charge on any atom is 0.410 e. The molecule has 1 aromatic heterocycles. The van der Waals surface area contributed by atoms with Gasteiger partial charge in [-0.05, 0) is 79.1 Å². The zero-order chi connectivity index (χ0) is 30.3. The van der Waals surface area contributed by atoms with Crippen LogP contribution in [0, 0.1) is 5.92 Å². The molecule has 0 bridgehead atoms. The summed E-state index contributed by atoms with van der Waals surface area (Å²) in [6, 6.07) is -0.480. The fourth-order valence-corrected chi connectivity index (χ4v) is 5.83. The molecule has 1 aromatic rings. The number of ether oxygens (including phenoxy) is 3. The molecule has 0 radical (unpaired) electrons. The number of hydrogen-bond acceptors (Lipinski definition) is 9. The number of anilines is 1. The van der Waals surface area contributed by atoms with Crippen molar-refractivity contribution in [2.24, 2.45) is 5.92 Å². The minimum atomic E-state index is -0.613. The molecule has 0 saturated carbocycles. The minimum Gasteiger partial charge on any atom is -0.490 e. The molecule has 3 amide bonds. The van der Waals surface area contributed by atoms with E-state index in [-0.39, 0.29) is 30.2 Å². The first-order valence-electron chi connectivity index (χ1n) is 15.4. The molecular weight excluding hydrogens is 540 g/mol. The van der Waals surface area contributed by atoms with E-state index >= 15 is 0 Å². The lowest BCUT2D eigenvalue weighted by atomic mass is 9.92. The van der Waals surface area contributed by atoms with Gasteiger partial charge in [0.1, 0.15) is 5.60 Å². The van der Waals surface area contributed by atoms with Crippen molar-refractivity contribution in [1.82, 2.24) is 25.1 Å². The zero-order valence-corrected chi connectivity index (χ0v) is 25.8. The Morgan fingerprint density at radius 2 is 1.79 bits per heavy atom. The SMILES string of the molecule is CC(C)OC(=O)N1CCC(CCCOc2cnc(N3CC(N4CCCCC4=O)[C@@H](NC(=O)OC(C)(C)C)C3)nc2)CC1. The van der Waals surface area contributed by atoms with Crippen LogP contribution in [0.2, 0.25) is 0 Å². The zero-order valence-electron chi connectivity index (χ0n) is 25.8. The number of nitrogens with one attached hydrogen (secondary N) is 1. The maximum atomic E-state index is 12.7. The van der Waals surface area contributed by atoms with E-state index in [1.54, 1.807) is 17.3 Å². The summed E-state index contributed by atoms with van der Waals surface area (Å²) in [7, 11) is 0. The number of hydrogen-bond donors (Lipinski definition) is 1. The van der Waals surface area contributed by atoms with Gasteiger partial charge in [-0.1, -0.05) is 0 Å². The Bertz CT molecular complexity index is 1050. The molecule has 234 valence electrons. The number of piperidine rings is 2. The molecule has 1 N–H and O–H groups in total. The quantitative estimate of drug-likeness (QED) is 0.426. The highest BCUT2D eigenvalue weighted by Crippen LogP contribution is 2.26. The van der Waals surface area contributed by atoms with E-state index in [0.717, 1.165) is 51.6 Å². The second-order valence-corrected chi connectivity index (χ2v) is 12.8. The molecular formula is C30H48N6O6. The van der Waals surface area contributed by atoms with Crippen LogP contribution in [-0.4, -0.2) is 101 Å². The first-order chi connectivity index (χ1) is 20.0. The van der Waals surface area contributed by atoms with Gasteiger partial charge >= 0.3 is 12.2 Å². The summed E-state index contributed by atoms with van der Waals surface area (Å²) in [5.74, 6) is 1.84. The number of aromatic nitrogens is 2. The Morgan fingerprint density at radius 3 is 2.43 bits per heavy atom. The molecule has 0 spiro atoms. The van der Waals surface area contributed by atoms with E-state index < -0.39 is 11.7 Å².